The summed E-state index contributed by atoms with van der Waals surface area (Å²) in [6.07, 6.45) is -0.318. The van der Waals surface area contributed by atoms with E-state index >= 15 is 0 Å². The third kappa shape index (κ3) is 3.33. The molecular weight excluding hydrogens is 294 g/mol. The van der Waals surface area contributed by atoms with E-state index in [9.17, 15) is 4.79 Å². The van der Waals surface area contributed by atoms with Gasteiger partial charge in [-0.1, -0.05) is 6.07 Å². The molecular formula is C16H21N5O2. The number of hydrogen-bond donors (Lipinski definition) is 0. The van der Waals surface area contributed by atoms with Crippen molar-refractivity contribution in [1.82, 2.24) is 24.6 Å². The molecule has 7 nitrogen and oxygen atoms in total. The van der Waals surface area contributed by atoms with E-state index in [-0.39, 0.29) is 6.09 Å². The second kappa shape index (κ2) is 5.64. The molecule has 122 valence electrons. The average Bonchev–Trinajstić information content (AvgIpc) is 2.88. The van der Waals surface area contributed by atoms with E-state index in [4.69, 9.17) is 4.74 Å². The van der Waals surface area contributed by atoms with E-state index in [1.54, 1.807) is 4.90 Å². The molecule has 0 saturated heterocycles. The number of aryl methyl sites for hydroxylation is 1. The SMILES string of the molecule is Cc1cccc(-c2nnc3n2CCN(C(=O)OC(C)(C)C)C3)n1. The van der Waals surface area contributed by atoms with Gasteiger partial charge in [0.1, 0.15) is 11.3 Å². The summed E-state index contributed by atoms with van der Waals surface area (Å²) in [4.78, 5) is 18.3. The van der Waals surface area contributed by atoms with Crippen molar-refractivity contribution >= 4 is 6.09 Å². The molecule has 3 rings (SSSR count). The van der Waals surface area contributed by atoms with Crippen LogP contribution in [0.4, 0.5) is 4.79 Å². The summed E-state index contributed by atoms with van der Waals surface area (Å²) in [5.41, 5.74) is 1.24. The average molecular weight is 315 g/mol. The number of carbonyl (C=O) groups excluding carboxylic acids is 1. The molecule has 0 atom stereocenters. The van der Waals surface area contributed by atoms with Gasteiger partial charge in [0.25, 0.3) is 0 Å². The Morgan fingerprint density at radius 2 is 2.00 bits per heavy atom. The van der Waals surface area contributed by atoms with E-state index in [1.807, 2.05) is 50.5 Å². The molecule has 0 saturated carbocycles. The standard InChI is InChI=1S/C16H21N5O2/c1-11-6-5-7-12(17-11)14-19-18-13-10-20(8-9-21(13)14)15(22)23-16(2,3)4/h5-7H,8-10H2,1-4H3. The van der Waals surface area contributed by atoms with Crippen LogP contribution in [0.3, 0.4) is 0 Å². The van der Waals surface area contributed by atoms with Crippen molar-refractivity contribution in [1.29, 1.82) is 0 Å². The number of amides is 1. The lowest BCUT2D eigenvalue weighted by Crippen LogP contribution is -2.41. The van der Waals surface area contributed by atoms with Gasteiger partial charge in [-0.3, -0.25) is 4.90 Å². The molecule has 3 heterocycles. The zero-order valence-electron chi connectivity index (χ0n) is 13.9. The van der Waals surface area contributed by atoms with Gasteiger partial charge in [0.2, 0.25) is 0 Å². The van der Waals surface area contributed by atoms with Crippen LogP contribution in [0.15, 0.2) is 18.2 Å². The molecule has 1 aliphatic heterocycles. The summed E-state index contributed by atoms with van der Waals surface area (Å²) in [5.74, 6) is 1.49. The molecule has 0 N–H and O–H groups in total. The van der Waals surface area contributed by atoms with Crippen LogP contribution in [-0.2, 0) is 17.8 Å². The van der Waals surface area contributed by atoms with Crippen molar-refractivity contribution in [3.8, 4) is 11.5 Å². The van der Waals surface area contributed by atoms with Crippen molar-refractivity contribution in [3.05, 3.63) is 29.7 Å². The maximum Gasteiger partial charge on any atom is 0.410 e. The van der Waals surface area contributed by atoms with Crippen molar-refractivity contribution < 1.29 is 9.53 Å². The first-order valence-corrected chi connectivity index (χ1v) is 7.67. The van der Waals surface area contributed by atoms with Gasteiger partial charge in [0, 0.05) is 18.8 Å². The summed E-state index contributed by atoms with van der Waals surface area (Å²) >= 11 is 0. The number of pyridine rings is 1. The smallest absolute Gasteiger partial charge is 0.410 e. The molecule has 0 fully saturated rings. The lowest BCUT2D eigenvalue weighted by Gasteiger charge is -2.30. The number of nitrogens with zero attached hydrogens (tertiary/aromatic N) is 5. The zero-order valence-corrected chi connectivity index (χ0v) is 13.9. The van der Waals surface area contributed by atoms with Gasteiger partial charge in [-0.2, -0.15) is 0 Å². The maximum atomic E-state index is 12.2. The molecule has 2 aromatic rings. The Hall–Kier alpha value is -2.44. The molecule has 7 heteroatoms. The van der Waals surface area contributed by atoms with Crippen LogP contribution in [0, 0.1) is 6.92 Å². The first-order valence-electron chi connectivity index (χ1n) is 7.67. The van der Waals surface area contributed by atoms with Gasteiger partial charge >= 0.3 is 6.09 Å². The minimum atomic E-state index is -0.501. The normalized spacial score (nSPS) is 14.5. The Morgan fingerprint density at radius 3 is 2.70 bits per heavy atom. The third-order valence-electron chi connectivity index (χ3n) is 3.52. The molecule has 1 amide bonds. The largest absolute Gasteiger partial charge is 0.444 e. The quantitative estimate of drug-likeness (QED) is 0.808. The second-order valence-corrected chi connectivity index (χ2v) is 6.66. The van der Waals surface area contributed by atoms with E-state index in [1.165, 1.54) is 0 Å². The van der Waals surface area contributed by atoms with Crippen molar-refractivity contribution in [3.63, 3.8) is 0 Å². The lowest BCUT2D eigenvalue weighted by molar-refractivity contribution is 0.0196. The number of carbonyl (C=O) groups is 1. The Morgan fingerprint density at radius 1 is 1.22 bits per heavy atom. The molecule has 23 heavy (non-hydrogen) atoms. The van der Waals surface area contributed by atoms with Crippen molar-refractivity contribution in [2.75, 3.05) is 6.54 Å². The van der Waals surface area contributed by atoms with E-state index in [0.717, 1.165) is 23.0 Å². The Labute approximate surface area is 135 Å². The molecule has 0 aliphatic carbocycles. The molecule has 0 bridgehead atoms. The lowest BCUT2D eigenvalue weighted by atomic mass is 10.2. The minimum absolute atomic E-state index is 0.318. The van der Waals surface area contributed by atoms with Crippen molar-refractivity contribution in [2.45, 2.75) is 46.4 Å². The molecule has 1 aliphatic rings. The fourth-order valence-corrected chi connectivity index (χ4v) is 2.50. The number of rotatable bonds is 1. The molecule has 0 unspecified atom stereocenters. The molecule has 2 aromatic heterocycles. The third-order valence-corrected chi connectivity index (χ3v) is 3.52. The number of aromatic nitrogens is 4. The van der Waals surface area contributed by atoms with Crippen LogP contribution in [0.2, 0.25) is 0 Å². The predicted octanol–water partition coefficient (Wildman–Crippen LogP) is 2.40. The van der Waals surface area contributed by atoms with Crippen LogP contribution in [0.5, 0.6) is 0 Å². The van der Waals surface area contributed by atoms with Gasteiger partial charge in [0.05, 0.1) is 6.54 Å². The summed E-state index contributed by atoms with van der Waals surface area (Å²) in [5, 5.41) is 8.46. The number of hydrogen-bond acceptors (Lipinski definition) is 5. The number of fused-ring (bicyclic) bond motifs is 1. The topological polar surface area (TPSA) is 73.1 Å². The summed E-state index contributed by atoms with van der Waals surface area (Å²) < 4.78 is 7.43. The second-order valence-electron chi connectivity index (χ2n) is 6.66. The van der Waals surface area contributed by atoms with Crippen LogP contribution >= 0.6 is 0 Å². The van der Waals surface area contributed by atoms with Crippen LogP contribution in [0.1, 0.15) is 32.3 Å². The van der Waals surface area contributed by atoms with Crippen LogP contribution in [-0.4, -0.2) is 42.9 Å². The molecule has 0 radical (unpaired) electrons. The van der Waals surface area contributed by atoms with Crippen molar-refractivity contribution in [2.24, 2.45) is 0 Å². The molecule has 0 aromatic carbocycles. The molecule has 0 spiro atoms. The Kier molecular flexibility index (Phi) is 3.79. The Balaban J connectivity index is 1.80. The zero-order chi connectivity index (χ0) is 16.6. The monoisotopic (exact) mass is 315 g/mol. The van der Waals surface area contributed by atoms with Gasteiger partial charge in [-0.15, -0.1) is 10.2 Å². The van der Waals surface area contributed by atoms with Crippen LogP contribution in [0.25, 0.3) is 11.5 Å². The highest BCUT2D eigenvalue weighted by Gasteiger charge is 2.28. The van der Waals surface area contributed by atoms with E-state index in [2.05, 4.69) is 15.2 Å². The minimum Gasteiger partial charge on any atom is -0.444 e. The van der Waals surface area contributed by atoms with Gasteiger partial charge in [-0.05, 0) is 39.8 Å². The van der Waals surface area contributed by atoms with Gasteiger partial charge < -0.3 is 9.30 Å². The van der Waals surface area contributed by atoms with Gasteiger partial charge in [-0.25, -0.2) is 9.78 Å². The number of ether oxygens (including phenoxy) is 1. The fraction of sp³-hybridized carbons (Fsp3) is 0.500. The highest BCUT2D eigenvalue weighted by molar-refractivity contribution is 5.68. The van der Waals surface area contributed by atoms with E-state index < -0.39 is 5.60 Å². The van der Waals surface area contributed by atoms with Gasteiger partial charge in [0.15, 0.2) is 11.6 Å². The Bertz CT molecular complexity index is 732. The summed E-state index contributed by atoms with van der Waals surface area (Å²) in [6.45, 7) is 9.12. The first kappa shape index (κ1) is 15.5. The predicted molar refractivity (Wildman–Crippen MR) is 84.6 cm³/mol. The highest BCUT2D eigenvalue weighted by atomic mass is 16.6. The highest BCUT2D eigenvalue weighted by Crippen LogP contribution is 2.21. The first-order chi connectivity index (χ1) is 10.8. The fourth-order valence-electron chi connectivity index (χ4n) is 2.50. The summed E-state index contributed by atoms with van der Waals surface area (Å²) in [7, 11) is 0. The maximum absolute atomic E-state index is 12.2. The van der Waals surface area contributed by atoms with Crippen LogP contribution < -0.4 is 0 Å². The van der Waals surface area contributed by atoms with E-state index in [0.29, 0.717) is 19.6 Å². The summed E-state index contributed by atoms with van der Waals surface area (Å²) in [6, 6.07) is 5.82.